The zero-order valence-electron chi connectivity index (χ0n) is 10.3. The van der Waals surface area contributed by atoms with Gasteiger partial charge in [-0.1, -0.05) is 33.1 Å². The van der Waals surface area contributed by atoms with E-state index in [4.69, 9.17) is 0 Å². The second-order valence-electron chi connectivity index (χ2n) is 5.04. The van der Waals surface area contributed by atoms with E-state index in [-0.39, 0.29) is 0 Å². The molecular weight excluding hydrogens is 216 g/mol. The summed E-state index contributed by atoms with van der Waals surface area (Å²) in [4.78, 5) is 4.65. The summed E-state index contributed by atoms with van der Waals surface area (Å²) in [7, 11) is 0. The number of nitrogens with one attached hydrogen (secondary N) is 1. The lowest BCUT2D eigenvalue weighted by Crippen LogP contribution is -2.30. The molecule has 0 aromatic carbocycles. The van der Waals surface area contributed by atoms with E-state index in [0.717, 1.165) is 12.6 Å². The highest BCUT2D eigenvalue weighted by atomic mass is 32.1. The summed E-state index contributed by atoms with van der Waals surface area (Å²) >= 11 is 1.79. The molecule has 0 aliphatic heterocycles. The minimum absolute atomic E-state index is 0.555. The summed E-state index contributed by atoms with van der Waals surface area (Å²) in [6, 6.07) is 0.736. The third-order valence-electron chi connectivity index (χ3n) is 3.31. The van der Waals surface area contributed by atoms with Crippen LogP contribution in [0.5, 0.6) is 0 Å². The van der Waals surface area contributed by atoms with Gasteiger partial charge in [0, 0.05) is 18.0 Å². The van der Waals surface area contributed by atoms with E-state index >= 15 is 0 Å². The van der Waals surface area contributed by atoms with E-state index in [9.17, 15) is 0 Å². The molecule has 1 aliphatic carbocycles. The predicted molar refractivity (Wildman–Crippen MR) is 69.9 cm³/mol. The van der Waals surface area contributed by atoms with Gasteiger partial charge in [-0.3, -0.25) is 0 Å². The van der Waals surface area contributed by atoms with Crippen molar-refractivity contribution in [2.24, 2.45) is 0 Å². The average molecular weight is 238 g/mol. The molecule has 0 atom stereocenters. The highest BCUT2D eigenvalue weighted by Gasteiger charge is 2.13. The van der Waals surface area contributed by atoms with Gasteiger partial charge >= 0.3 is 0 Å². The summed E-state index contributed by atoms with van der Waals surface area (Å²) in [6.07, 6.45) is 6.91. The molecule has 2 rings (SSSR count). The lowest BCUT2D eigenvalue weighted by molar-refractivity contribution is 0.372. The number of thiazole rings is 1. The van der Waals surface area contributed by atoms with E-state index in [0.29, 0.717) is 5.92 Å². The second kappa shape index (κ2) is 5.78. The molecular formula is C13H22N2S. The minimum atomic E-state index is 0.555. The Balaban J connectivity index is 1.79. The maximum atomic E-state index is 4.65. The summed E-state index contributed by atoms with van der Waals surface area (Å²) < 4.78 is 0. The maximum Gasteiger partial charge on any atom is 0.107 e. The van der Waals surface area contributed by atoms with Crippen molar-refractivity contribution in [3.63, 3.8) is 0 Å². The molecule has 1 aromatic rings. The molecule has 0 bridgehead atoms. The van der Waals surface area contributed by atoms with Crippen molar-refractivity contribution in [3.05, 3.63) is 16.1 Å². The van der Waals surface area contributed by atoms with Gasteiger partial charge in [0.2, 0.25) is 0 Å². The Labute approximate surface area is 102 Å². The molecule has 1 saturated carbocycles. The first-order chi connectivity index (χ1) is 7.75. The van der Waals surface area contributed by atoms with Crippen LogP contribution in [0.1, 0.15) is 62.6 Å². The molecule has 3 heteroatoms. The third-order valence-corrected chi connectivity index (χ3v) is 4.18. The average Bonchev–Trinajstić information content (AvgIpc) is 2.76. The van der Waals surface area contributed by atoms with Gasteiger partial charge < -0.3 is 5.32 Å². The lowest BCUT2D eigenvalue weighted by atomic mass is 9.96. The van der Waals surface area contributed by atoms with Crippen LogP contribution in [0.15, 0.2) is 5.38 Å². The number of hydrogen-bond acceptors (Lipinski definition) is 3. The Morgan fingerprint density at radius 3 is 2.75 bits per heavy atom. The molecule has 16 heavy (non-hydrogen) atoms. The van der Waals surface area contributed by atoms with Crippen molar-refractivity contribution in [2.75, 3.05) is 0 Å². The number of aromatic nitrogens is 1. The van der Waals surface area contributed by atoms with Crippen LogP contribution in [0, 0.1) is 0 Å². The van der Waals surface area contributed by atoms with E-state index < -0.39 is 0 Å². The van der Waals surface area contributed by atoms with Crippen LogP contribution in [0.2, 0.25) is 0 Å². The van der Waals surface area contributed by atoms with Crippen LogP contribution in [-0.2, 0) is 6.54 Å². The molecule has 0 unspecified atom stereocenters. The topological polar surface area (TPSA) is 24.9 Å². The van der Waals surface area contributed by atoms with Crippen molar-refractivity contribution >= 4 is 11.3 Å². The molecule has 0 saturated heterocycles. The molecule has 1 heterocycles. The minimum Gasteiger partial charge on any atom is -0.308 e. The highest BCUT2D eigenvalue weighted by molar-refractivity contribution is 7.09. The quantitative estimate of drug-likeness (QED) is 0.865. The van der Waals surface area contributed by atoms with Crippen molar-refractivity contribution < 1.29 is 0 Å². The van der Waals surface area contributed by atoms with Crippen molar-refractivity contribution in [2.45, 2.75) is 64.5 Å². The zero-order chi connectivity index (χ0) is 11.4. The fourth-order valence-corrected chi connectivity index (χ4v) is 3.12. The van der Waals surface area contributed by atoms with Gasteiger partial charge in [-0.25, -0.2) is 4.98 Å². The van der Waals surface area contributed by atoms with Crippen LogP contribution in [0.3, 0.4) is 0 Å². The Morgan fingerprint density at radius 2 is 2.12 bits per heavy atom. The second-order valence-corrected chi connectivity index (χ2v) is 5.98. The van der Waals surface area contributed by atoms with E-state index in [1.807, 2.05) is 0 Å². The summed E-state index contributed by atoms with van der Waals surface area (Å²) in [5.41, 5.74) is 1.24. The first kappa shape index (κ1) is 12.1. The highest BCUT2D eigenvalue weighted by Crippen LogP contribution is 2.20. The zero-order valence-corrected chi connectivity index (χ0v) is 11.1. The number of rotatable bonds is 4. The van der Waals surface area contributed by atoms with Gasteiger partial charge in [-0.15, -0.1) is 11.3 Å². The summed E-state index contributed by atoms with van der Waals surface area (Å²) in [5, 5.41) is 7.08. The van der Waals surface area contributed by atoms with Gasteiger partial charge in [0.25, 0.3) is 0 Å². The van der Waals surface area contributed by atoms with E-state index in [1.54, 1.807) is 11.3 Å². The smallest absolute Gasteiger partial charge is 0.107 e. The van der Waals surface area contributed by atoms with Gasteiger partial charge in [0.05, 0.1) is 5.69 Å². The molecule has 0 spiro atoms. The van der Waals surface area contributed by atoms with Gasteiger partial charge in [-0.2, -0.15) is 0 Å². The standard InChI is InChI=1S/C13H22N2S/c1-10(2)12-9-16-13(15-12)8-14-11-6-4-3-5-7-11/h9-11,14H,3-8H2,1-2H3. The Kier molecular flexibility index (Phi) is 4.36. The Morgan fingerprint density at radius 1 is 1.38 bits per heavy atom. The molecule has 1 aliphatic rings. The van der Waals surface area contributed by atoms with Crippen LogP contribution < -0.4 is 5.32 Å². The monoisotopic (exact) mass is 238 g/mol. The first-order valence-electron chi connectivity index (χ1n) is 6.43. The van der Waals surface area contributed by atoms with E-state index in [1.165, 1.54) is 42.8 Å². The molecule has 1 N–H and O–H groups in total. The normalized spacial score (nSPS) is 18.2. The maximum absolute atomic E-state index is 4.65. The van der Waals surface area contributed by atoms with E-state index in [2.05, 4.69) is 29.5 Å². The van der Waals surface area contributed by atoms with Crippen molar-refractivity contribution in [1.29, 1.82) is 0 Å². The molecule has 0 radical (unpaired) electrons. The van der Waals surface area contributed by atoms with Gasteiger partial charge in [0.1, 0.15) is 5.01 Å². The molecule has 90 valence electrons. The SMILES string of the molecule is CC(C)c1csc(CNC2CCCCC2)n1. The van der Waals surface area contributed by atoms with Crippen molar-refractivity contribution in [3.8, 4) is 0 Å². The fourth-order valence-electron chi connectivity index (χ4n) is 2.21. The third kappa shape index (κ3) is 3.29. The molecule has 1 fully saturated rings. The fraction of sp³-hybridized carbons (Fsp3) is 0.769. The van der Waals surface area contributed by atoms with Crippen LogP contribution >= 0.6 is 11.3 Å². The molecule has 1 aromatic heterocycles. The Hall–Kier alpha value is -0.410. The predicted octanol–water partition coefficient (Wildman–Crippen LogP) is 3.69. The van der Waals surface area contributed by atoms with Crippen LogP contribution in [0.4, 0.5) is 0 Å². The summed E-state index contributed by atoms with van der Waals surface area (Å²) in [6.45, 7) is 5.36. The van der Waals surface area contributed by atoms with Gasteiger partial charge in [0.15, 0.2) is 0 Å². The molecule has 2 nitrogen and oxygen atoms in total. The molecule has 0 amide bonds. The number of hydrogen-bond donors (Lipinski definition) is 1. The number of nitrogens with zero attached hydrogens (tertiary/aromatic N) is 1. The van der Waals surface area contributed by atoms with Crippen LogP contribution in [0.25, 0.3) is 0 Å². The Bertz CT molecular complexity index is 313. The van der Waals surface area contributed by atoms with Gasteiger partial charge in [-0.05, 0) is 18.8 Å². The van der Waals surface area contributed by atoms with Crippen molar-refractivity contribution in [1.82, 2.24) is 10.3 Å². The van der Waals surface area contributed by atoms with Crippen LogP contribution in [-0.4, -0.2) is 11.0 Å². The lowest BCUT2D eigenvalue weighted by Gasteiger charge is -2.22. The largest absolute Gasteiger partial charge is 0.308 e. The first-order valence-corrected chi connectivity index (χ1v) is 7.31. The summed E-state index contributed by atoms with van der Waals surface area (Å²) in [5.74, 6) is 0.555.